The van der Waals surface area contributed by atoms with E-state index in [-0.39, 0.29) is 24.0 Å². The third-order valence-corrected chi connectivity index (χ3v) is 6.62. The zero-order chi connectivity index (χ0) is 20.6. The van der Waals surface area contributed by atoms with Crippen molar-refractivity contribution in [3.05, 3.63) is 78.6 Å². The van der Waals surface area contributed by atoms with Gasteiger partial charge in [0, 0.05) is 43.5 Å². The molecule has 1 aromatic heterocycles. The number of rotatable bonds is 7. The van der Waals surface area contributed by atoms with Crippen molar-refractivity contribution in [1.29, 1.82) is 0 Å². The maximum absolute atomic E-state index is 4.51. The molecule has 1 fully saturated rings. The van der Waals surface area contributed by atoms with Crippen LogP contribution in [0.2, 0.25) is 0 Å². The molecule has 1 unspecified atom stereocenters. The Morgan fingerprint density at radius 2 is 1.87 bits per heavy atom. The number of thioether (sulfide) groups is 1. The molecule has 5 nitrogen and oxygen atoms in total. The first-order valence-corrected chi connectivity index (χ1v) is 11.5. The van der Waals surface area contributed by atoms with E-state index in [1.807, 2.05) is 47.9 Å². The summed E-state index contributed by atoms with van der Waals surface area (Å²) in [7, 11) is 1.88. The first-order chi connectivity index (χ1) is 14.8. The Balaban J connectivity index is 0.00000272. The van der Waals surface area contributed by atoms with Gasteiger partial charge >= 0.3 is 0 Å². The number of nitrogens with zero attached hydrogens (tertiary/aromatic N) is 4. The predicted molar refractivity (Wildman–Crippen MR) is 141 cm³/mol. The van der Waals surface area contributed by atoms with Crippen LogP contribution >= 0.6 is 35.7 Å². The number of halogens is 1. The summed E-state index contributed by atoms with van der Waals surface area (Å²) in [6, 6.07) is 20.9. The lowest BCUT2D eigenvalue weighted by molar-refractivity contribution is 0.475. The normalized spacial score (nSPS) is 16.2. The molecule has 0 aliphatic carbocycles. The highest BCUT2D eigenvalue weighted by Crippen LogP contribution is 2.25. The third-order valence-electron chi connectivity index (χ3n) is 5.38. The lowest BCUT2D eigenvalue weighted by Gasteiger charge is -2.21. The van der Waals surface area contributed by atoms with Gasteiger partial charge < -0.3 is 10.2 Å². The van der Waals surface area contributed by atoms with Gasteiger partial charge in [-0.1, -0.05) is 36.4 Å². The van der Waals surface area contributed by atoms with Crippen molar-refractivity contribution in [2.45, 2.75) is 17.7 Å². The van der Waals surface area contributed by atoms with Gasteiger partial charge in [0.2, 0.25) is 0 Å². The number of hydrogen-bond donors (Lipinski definition) is 1. The minimum Gasteiger partial charge on any atom is -0.356 e. The van der Waals surface area contributed by atoms with Crippen LogP contribution in [0.1, 0.15) is 12.0 Å². The number of guanidine groups is 1. The molecule has 2 heterocycles. The molecule has 1 atom stereocenters. The Morgan fingerprint density at radius 1 is 1.13 bits per heavy atom. The van der Waals surface area contributed by atoms with Gasteiger partial charge in [-0.05, 0) is 48.6 Å². The lowest BCUT2D eigenvalue weighted by Crippen LogP contribution is -2.41. The maximum Gasteiger partial charge on any atom is 0.193 e. The summed E-state index contributed by atoms with van der Waals surface area (Å²) < 4.78 is 1.93. The molecule has 164 valence electrons. The molecule has 7 heteroatoms. The van der Waals surface area contributed by atoms with Gasteiger partial charge in [-0.25, -0.2) is 4.68 Å². The van der Waals surface area contributed by atoms with E-state index in [1.54, 1.807) is 0 Å². The molecule has 2 aromatic carbocycles. The van der Waals surface area contributed by atoms with Crippen LogP contribution in [0, 0.1) is 5.92 Å². The van der Waals surface area contributed by atoms with Crippen LogP contribution in [0.5, 0.6) is 0 Å². The van der Waals surface area contributed by atoms with Crippen molar-refractivity contribution in [2.75, 3.05) is 32.4 Å². The molecule has 0 bridgehead atoms. The summed E-state index contributed by atoms with van der Waals surface area (Å²) in [5, 5.41) is 8.02. The van der Waals surface area contributed by atoms with E-state index >= 15 is 0 Å². The molecule has 3 aromatic rings. The fourth-order valence-electron chi connectivity index (χ4n) is 3.75. The molecule has 0 radical (unpaired) electrons. The van der Waals surface area contributed by atoms with Crippen molar-refractivity contribution >= 4 is 41.7 Å². The molecule has 0 amide bonds. The SMILES string of the molecule is CN=C(NCCc1cnn(-c2ccccc2)c1)N1CCC(CSc2ccccc2)C1.I. The molecule has 1 N–H and O–H groups in total. The molecular formula is C24H30IN5S. The Hall–Kier alpha value is -2.00. The Bertz CT molecular complexity index is 945. The molecule has 1 aliphatic heterocycles. The van der Waals surface area contributed by atoms with Gasteiger partial charge in [0.05, 0.1) is 11.9 Å². The van der Waals surface area contributed by atoms with Gasteiger partial charge in [-0.15, -0.1) is 35.7 Å². The number of nitrogens with one attached hydrogen (secondary N) is 1. The summed E-state index contributed by atoms with van der Waals surface area (Å²) in [6.07, 6.45) is 6.20. The molecular weight excluding hydrogens is 517 g/mol. The van der Waals surface area contributed by atoms with Crippen molar-refractivity contribution in [1.82, 2.24) is 20.0 Å². The molecule has 1 aliphatic rings. The van der Waals surface area contributed by atoms with Gasteiger partial charge in [-0.3, -0.25) is 4.99 Å². The van der Waals surface area contributed by atoms with E-state index in [4.69, 9.17) is 0 Å². The third kappa shape index (κ3) is 6.74. The van der Waals surface area contributed by atoms with E-state index < -0.39 is 0 Å². The fraction of sp³-hybridized carbons (Fsp3) is 0.333. The van der Waals surface area contributed by atoms with Crippen molar-refractivity contribution in [2.24, 2.45) is 10.9 Å². The smallest absolute Gasteiger partial charge is 0.193 e. The topological polar surface area (TPSA) is 45.5 Å². The summed E-state index contributed by atoms with van der Waals surface area (Å²) in [4.78, 5) is 8.26. The van der Waals surface area contributed by atoms with E-state index in [9.17, 15) is 0 Å². The van der Waals surface area contributed by atoms with Gasteiger partial charge in [0.1, 0.15) is 0 Å². The summed E-state index contributed by atoms with van der Waals surface area (Å²) in [6.45, 7) is 3.00. The van der Waals surface area contributed by atoms with Crippen molar-refractivity contribution in [3.63, 3.8) is 0 Å². The number of para-hydroxylation sites is 1. The Kier molecular flexibility index (Phi) is 9.27. The maximum atomic E-state index is 4.51. The van der Waals surface area contributed by atoms with Crippen molar-refractivity contribution in [3.8, 4) is 5.69 Å². The van der Waals surface area contributed by atoms with E-state index in [2.05, 4.69) is 69.0 Å². The predicted octanol–water partition coefficient (Wildman–Crippen LogP) is 4.72. The van der Waals surface area contributed by atoms with Crippen LogP contribution in [-0.4, -0.2) is 53.1 Å². The largest absolute Gasteiger partial charge is 0.356 e. The van der Waals surface area contributed by atoms with Gasteiger partial charge in [0.15, 0.2) is 5.96 Å². The number of benzene rings is 2. The van der Waals surface area contributed by atoms with Crippen LogP contribution in [-0.2, 0) is 6.42 Å². The summed E-state index contributed by atoms with van der Waals surface area (Å²) >= 11 is 1.96. The lowest BCUT2D eigenvalue weighted by atomic mass is 10.2. The zero-order valence-corrected chi connectivity index (χ0v) is 21.0. The number of likely N-dealkylation sites (tertiary alicyclic amines) is 1. The molecule has 1 saturated heterocycles. The van der Waals surface area contributed by atoms with Crippen molar-refractivity contribution < 1.29 is 0 Å². The highest BCUT2D eigenvalue weighted by molar-refractivity contribution is 14.0. The number of aromatic nitrogens is 2. The summed E-state index contributed by atoms with van der Waals surface area (Å²) in [5.41, 5.74) is 2.31. The minimum absolute atomic E-state index is 0. The molecule has 31 heavy (non-hydrogen) atoms. The average molecular weight is 548 g/mol. The monoisotopic (exact) mass is 547 g/mol. The number of aliphatic imine (C=N–C) groups is 1. The first-order valence-electron chi connectivity index (χ1n) is 10.5. The highest BCUT2D eigenvalue weighted by Gasteiger charge is 2.24. The van der Waals surface area contributed by atoms with Crippen LogP contribution in [0.4, 0.5) is 0 Å². The Morgan fingerprint density at radius 3 is 2.61 bits per heavy atom. The quantitative estimate of drug-likeness (QED) is 0.201. The standard InChI is InChI=1S/C24H29N5S.HI/c1-25-24(28-15-13-21(17-28)19-30-23-10-6-3-7-11-23)26-14-12-20-16-27-29(18-20)22-8-4-2-5-9-22;/h2-11,16,18,21H,12-15,17,19H2,1H3,(H,25,26);1H. The second-order valence-electron chi connectivity index (χ2n) is 7.58. The van der Waals surface area contributed by atoms with E-state index in [0.29, 0.717) is 5.92 Å². The second kappa shape index (κ2) is 12.1. The van der Waals surface area contributed by atoms with Gasteiger partial charge in [-0.2, -0.15) is 5.10 Å². The van der Waals surface area contributed by atoms with Gasteiger partial charge in [0.25, 0.3) is 0 Å². The van der Waals surface area contributed by atoms with Crippen LogP contribution in [0.15, 0.2) is 82.9 Å². The summed E-state index contributed by atoms with van der Waals surface area (Å²) in [5.74, 6) is 2.88. The molecule has 0 spiro atoms. The molecule has 0 saturated carbocycles. The second-order valence-corrected chi connectivity index (χ2v) is 8.67. The van der Waals surface area contributed by atoms with Crippen LogP contribution in [0.3, 0.4) is 0 Å². The van der Waals surface area contributed by atoms with Crippen LogP contribution in [0.25, 0.3) is 5.69 Å². The first kappa shape index (κ1) is 23.7. The van der Waals surface area contributed by atoms with E-state index in [0.717, 1.165) is 43.5 Å². The highest BCUT2D eigenvalue weighted by atomic mass is 127. The Labute approximate surface area is 206 Å². The average Bonchev–Trinajstić information content (AvgIpc) is 3.47. The minimum atomic E-state index is 0. The van der Waals surface area contributed by atoms with Crippen LogP contribution < -0.4 is 5.32 Å². The van der Waals surface area contributed by atoms with E-state index in [1.165, 1.54) is 16.9 Å². The molecule has 4 rings (SSSR count). The zero-order valence-electron chi connectivity index (χ0n) is 17.9. The fourth-order valence-corrected chi connectivity index (χ4v) is 4.80. The number of hydrogen-bond acceptors (Lipinski definition) is 3.